The standard InChI is InChI=1S/C12H17ClN2O2S2/c13-11-7-10(4-5-12(11)14)19(16,17)15-8-9-3-1-2-6-18-9/h4-5,7,9,15H,1-3,6,8,14H2. The molecule has 1 aromatic carbocycles. The van der Waals surface area contributed by atoms with Crippen LogP contribution in [-0.2, 0) is 10.0 Å². The average molecular weight is 321 g/mol. The number of nitrogen functional groups attached to an aromatic ring is 1. The Balaban J connectivity index is 2.02. The Morgan fingerprint density at radius 1 is 1.42 bits per heavy atom. The number of rotatable bonds is 4. The summed E-state index contributed by atoms with van der Waals surface area (Å²) in [6.45, 7) is 0.467. The average Bonchev–Trinajstić information content (AvgIpc) is 2.41. The molecule has 0 aromatic heterocycles. The van der Waals surface area contributed by atoms with Crippen LogP contribution in [0.1, 0.15) is 19.3 Å². The number of nitrogens with one attached hydrogen (secondary N) is 1. The first-order valence-corrected chi connectivity index (χ1v) is 9.06. The van der Waals surface area contributed by atoms with E-state index >= 15 is 0 Å². The van der Waals surface area contributed by atoms with E-state index < -0.39 is 10.0 Å². The van der Waals surface area contributed by atoms with Gasteiger partial charge in [-0.2, -0.15) is 11.8 Å². The van der Waals surface area contributed by atoms with E-state index in [4.69, 9.17) is 17.3 Å². The summed E-state index contributed by atoms with van der Waals surface area (Å²) in [6, 6.07) is 4.36. The zero-order chi connectivity index (χ0) is 13.9. The van der Waals surface area contributed by atoms with Crippen LogP contribution in [0, 0.1) is 0 Å². The summed E-state index contributed by atoms with van der Waals surface area (Å²) in [6.07, 6.45) is 3.46. The van der Waals surface area contributed by atoms with Crippen LogP contribution < -0.4 is 10.5 Å². The molecule has 0 spiro atoms. The van der Waals surface area contributed by atoms with Gasteiger partial charge in [0.2, 0.25) is 10.0 Å². The topological polar surface area (TPSA) is 72.2 Å². The van der Waals surface area contributed by atoms with Crippen LogP contribution in [0.5, 0.6) is 0 Å². The number of anilines is 1. The Morgan fingerprint density at radius 3 is 2.84 bits per heavy atom. The molecule has 1 heterocycles. The van der Waals surface area contributed by atoms with Gasteiger partial charge in [0.05, 0.1) is 15.6 Å². The third-order valence-electron chi connectivity index (χ3n) is 3.06. The molecule has 3 N–H and O–H groups in total. The fraction of sp³-hybridized carbons (Fsp3) is 0.500. The van der Waals surface area contributed by atoms with Gasteiger partial charge in [0, 0.05) is 11.8 Å². The third kappa shape index (κ3) is 4.02. The first-order chi connectivity index (χ1) is 8.99. The van der Waals surface area contributed by atoms with Gasteiger partial charge in [-0.25, -0.2) is 13.1 Å². The molecule has 0 saturated carbocycles. The number of halogens is 1. The highest BCUT2D eigenvalue weighted by molar-refractivity contribution is 8.00. The molecule has 1 aromatic rings. The van der Waals surface area contributed by atoms with Crippen LogP contribution >= 0.6 is 23.4 Å². The maximum Gasteiger partial charge on any atom is 0.240 e. The molecule has 1 unspecified atom stereocenters. The van der Waals surface area contributed by atoms with Crippen molar-refractivity contribution in [2.24, 2.45) is 0 Å². The van der Waals surface area contributed by atoms with Gasteiger partial charge in [-0.15, -0.1) is 0 Å². The lowest BCUT2D eigenvalue weighted by Gasteiger charge is -2.21. The number of benzene rings is 1. The molecule has 1 fully saturated rings. The Labute approximate surface area is 123 Å². The molecule has 106 valence electrons. The molecule has 7 heteroatoms. The second-order valence-electron chi connectivity index (χ2n) is 4.52. The summed E-state index contributed by atoms with van der Waals surface area (Å²) in [7, 11) is -3.50. The molecule has 4 nitrogen and oxygen atoms in total. The second kappa shape index (κ2) is 6.35. The zero-order valence-corrected chi connectivity index (χ0v) is 12.8. The van der Waals surface area contributed by atoms with Crippen LogP contribution in [0.25, 0.3) is 0 Å². The van der Waals surface area contributed by atoms with Crippen molar-refractivity contribution >= 4 is 39.1 Å². The molecule has 19 heavy (non-hydrogen) atoms. The van der Waals surface area contributed by atoms with Gasteiger partial charge in [0.25, 0.3) is 0 Å². The molecule has 1 aliphatic heterocycles. The van der Waals surface area contributed by atoms with Crippen LogP contribution in [0.15, 0.2) is 23.1 Å². The predicted octanol–water partition coefficient (Wildman–Crippen LogP) is 2.49. The van der Waals surface area contributed by atoms with E-state index in [0.29, 0.717) is 17.5 Å². The summed E-state index contributed by atoms with van der Waals surface area (Å²) in [5.41, 5.74) is 5.95. The predicted molar refractivity (Wildman–Crippen MR) is 81.1 cm³/mol. The third-order valence-corrected chi connectivity index (χ3v) is 6.20. The largest absolute Gasteiger partial charge is 0.398 e. The Hall–Kier alpha value is -0.430. The highest BCUT2D eigenvalue weighted by Crippen LogP contribution is 2.25. The van der Waals surface area contributed by atoms with Gasteiger partial charge in [-0.3, -0.25) is 0 Å². The van der Waals surface area contributed by atoms with E-state index in [1.54, 1.807) is 0 Å². The fourth-order valence-electron chi connectivity index (χ4n) is 1.93. The highest BCUT2D eigenvalue weighted by atomic mass is 35.5. The minimum atomic E-state index is -3.50. The van der Waals surface area contributed by atoms with E-state index in [1.807, 2.05) is 11.8 Å². The van der Waals surface area contributed by atoms with Crippen LogP contribution in [-0.4, -0.2) is 26.0 Å². The molecule has 1 atom stereocenters. The van der Waals surface area contributed by atoms with Crippen molar-refractivity contribution in [1.82, 2.24) is 4.72 Å². The second-order valence-corrected chi connectivity index (χ2v) is 8.11. The lowest BCUT2D eigenvalue weighted by atomic mass is 10.2. The number of sulfonamides is 1. The monoisotopic (exact) mass is 320 g/mol. The Kier molecular flexibility index (Phi) is 5.00. The van der Waals surface area contributed by atoms with Gasteiger partial charge < -0.3 is 5.73 Å². The normalized spacial score (nSPS) is 20.4. The van der Waals surface area contributed by atoms with E-state index in [0.717, 1.165) is 12.2 Å². The molecule has 0 bridgehead atoms. The molecular weight excluding hydrogens is 304 g/mol. The number of hydrogen-bond donors (Lipinski definition) is 2. The number of thioether (sulfide) groups is 1. The summed E-state index contributed by atoms with van der Waals surface area (Å²) in [5.74, 6) is 1.11. The van der Waals surface area contributed by atoms with E-state index in [9.17, 15) is 8.42 Å². The molecule has 0 amide bonds. The SMILES string of the molecule is Nc1ccc(S(=O)(=O)NCC2CCCCS2)cc1Cl. The van der Waals surface area contributed by atoms with Crippen LogP contribution in [0.4, 0.5) is 5.69 Å². The number of nitrogens with two attached hydrogens (primary N) is 1. The van der Waals surface area contributed by atoms with Crippen LogP contribution in [0.3, 0.4) is 0 Å². The molecule has 0 aliphatic carbocycles. The van der Waals surface area contributed by atoms with Gasteiger partial charge >= 0.3 is 0 Å². The minimum Gasteiger partial charge on any atom is -0.398 e. The first-order valence-electron chi connectivity index (χ1n) is 6.15. The maximum atomic E-state index is 12.1. The van der Waals surface area contributed by atoms with Gasteiger partial charge in [-0.1, -0.05) is 18.0 Å². The Morgan fingerprint density at radius 2 is 2.21 bits per heavy atom. The summed E-state index contributed by atoms with van der Waals surface area (Å²) in [4.78, 5) is 0.160. The van der Waals surface area contributed by atoms with Crippen molar-refractivity contribution in [2.45, 2.75) is 29.4 Å². The number of hydrogen-bond acceptors (Lipinski definition) is 4. The van der Waals surface area contributed by atoms with E-state index in [-0.39, 0.29) is 9.92 Å². The van der Waals surface area contributed by atoms with Gasteiger partial charge in [0.1, 0.15) is 0 Å². The molecule has 1 saturated heterocycles. The van der Waals surface area contributed by atoms with Crippen molar-refractivity contribution in [3.8, 4) is 0 Å². The van der Waals surface area contributed by atoms with Crippen molar-refractivity contribution in [3.05, 3.63) is 23.2 Å². The van der Waals surface area contributed by atoms with E-state index in [1.165, 1.54) is 31.0 Å². The fourth-order valence-corrected chi connectivity index (χ4v) is 4.63. The molecule has 1 aliphatic rings. The lowest BCUT2D eigenvalue weighted by molar-refractivity contribution is 0.574. The van der Waals surface area contributed by atoms with Gasteiger partial charge in [0.15, 0.2) is 0 Å². The van der Waals surface area contributed by atoms with E-state index in [2.05, 4.69) is 4.72 Å². The molecular formula is C12H17ClN2O2S2. The van der Waals surface area contributed by atoms with Crippen molar-refractivity contribution in [3.63, 3.8) is 0 Å². The minimum absolute atomic E-state index is 0.160. The smallest absolute Gasteiger partial charge is 0.240 e. The quantitative estimate of drug-likeness (QED) is 0.836. The maximum absolute atomic E-state index is 12.1. The first kappa shape index (κ1) is 15.0. The molecule has 2 rings (SSSR count). The van der Waals surface area contributed by atoms with Crippen molar-refractivity contribution in [1.29, 1.82) is 0 Å². The van der Waals surface area contributed by atoms with Gasteiger partial charge in [-0.05, 0) is 36.8 Å². The summed E-state index contributed by atoms with van der Waals surface area (Å²) in [5, 5.41) is 0.627. The zero-order valence-electron chi connectivity index (χ0n) is 10.4. The van der Waals surface area contributed by atoms with Crippen molar-refractivity contribution in [2.75, 3.05) is 18.0 Å². The summed E-state index contributed by atoms with van der Waals surface area (Å²) >= 11 is 7.68. The van der Waals surface area contributed by atoms with Crippen molar-refractivity contribution < 1.29 is 8.42 Å². The highest BCUT2D eigenvalue weighted by Gasteiger charge is 2.19. The Bertz CT molecular complexity index is 543. The summed E-state index contributed by atoms with van der Waals surface area (Å²) < 4.78 is 26.9. The lowest BCUT2D eigenvalue weighted by Crippen LogP contribution is -2.32. The van der Waals surface area contributed by atoms with Crippen LogP contribution in [0.2, 0.25) is 5.02 Å². The molecule has 0 radical (unpaired) electrons.